The van der Waals surface area contributed by atoms with E-state index in [0.717, 1.165) is 5.56 Å². The number of rotatable bonds is 4. The molecule has 0 aliphatic carbocycles. The summed E-state index contributed by atoms with van der Waals surface area (Å²) in [5.41, 5.74) is 1.12. The lowest BCUT2D eigenvalue weighted by Crippen LogP contribution is -2.33. The zero-order chi connectivity index (χ0) is 12.8. The number of aryl methyl sites for hydroxylation is 1. The molecule has 2 amide bonds. The molecule has 0 fully saturated rings. The van der Waals surface area contributed by atoms with E-state index in [9.17, 15) is 14.7 Å². The van der Waals surface area contributed by atoms with Gasteiger partial charge in [-0.3, -0.25) is 9.59 Å². The third-order valence-corrected chi connectivity index (χ3v) is 2.18. The fourth-order valence-electron chi connectivity index (χ4n) is 1.34. The summed E-state index contributed by atoms with van der Waals surface area (Å²) in [5, 5.41) is 14.7. The van der Waals surface area contributed by atoms with Crippen molar-refractivity contribution in [3.05, 3.63) is 29.3 Å². The minimum Gasteiger partial charge on any atom is -0.507 e. The van der Waals surface area contributed by atoms with Crippen LogP contribution in [-0.4, -0.2) is 30.0 Å². The highest BCUT2D eigenvalue weighted by molar-refractivity contribution is 5.96. The van der Waals surface area contributed by atoms with Gasteiger partial charge in [0, 0.05) is 20.0 Å². The Kier molecular flexibility index (Phi) is 4.51. The highest BCUT2D eigenvalue weighted by Crippen LogP contribution is 2.17. The molecular weight excluding hydrogens is 220 g/mol. The van der Waals surface area contributed by atoms with Crippen LogP contribution in [0.1, 0.15) is 22.8 Å². The molecule has 0 atom stereocenters. The smallest absolute Gasteiger partial charge is 0.255 e. The lowest BCUT2D eigenvalue weighted by atomic mass is 10.1. The Bertz CT molecular complexity index is 430. The maximum Gasteiger partial charge on any atom is 0.255 e. The van der Waals surface area contributed by atoms with E-state index >= 15 is 0 Å². The molecule has 5 nitrogen and oxygen atoms in total. The van der Waals surface area contributed by atoms with Crippen LogP contribution >= 0.6 is 0 Å². The minimum absolute atomic E-state index is 0.0398. The average Bonchev–Trinajstić information content (AvgIpc) is 2.23. The van der Waals surface area contributed by atoms with Crippen molar-refractivity contribution in [2.45, 2.75) is 13.8 Å². The highest BCUT2D eigenvalue weighted by Gasteiger charge is 2.09. The quantitative estimate of drug-likeness (QED) is 0.669. The topological polar surface area (TPSA) is 78.4 Å². The summed E-state index contributed by atoms with van der Waals surface area (Å²) in [6.07, 6.45) is 0. The van der Waals surface area contributed by atoms with E-state index in [4.69, 9.17) is 0 Å². The lowest BCUT2D eigenvalue weighted by molar-refractivity contribution is -0.118. The molecule has 5 heteroatoms. The Labute approximate surface area is 99.8 Å². The number of carbonyl (C=O) groups excluding carboxylic acids is 2. The van der Waals surface area contributed by atoms with Crippen molar-refractivity contribution in [2.75, 3.05) is 13.1 Å². The largest absolute Gasteiger partial charge is 0.507 e. The first-order valence-corrected chi connectivity index (χ1v) is 5.33. The van der Waals surface area contributed by atoms with Gasteiger partial charge in [0.1, 0.15) is 5.75 Å². The molecule has 0 aliphatic rings. The SMILES string of the molecule is CC(=O)NCCNC(=O)c1ccc(C)cc1O. The van der Waals surface area contributed by atoms with Gasteiger partial charge in [0.2, 0.25) is 5.91 Å². The van der Waals surface area contributed by atoms with Crippen molar-refractivity contribution in [2.24, 2.45) is 0 Å². The van der Waals surface area contributed by atoms with E-state index in [1.54, 1.807) is 12.1 Å². The van der Waals surface area contributed by atoms with Crippen LogP contribution < -0.4 is 10.6 Å². The van der Waals surface area contributed by atoms with Gasteiger partial charge in [0.05, 0.1) is 5.56 Å². The molecule has 17 heavy (non-hydrogen) atoms. The van der Waals surface area contributed by atoms with Crippen LogP contribution in [0.25, 0.3) is 0 Å². The minimum atomic E-state index is -0.354. The normalized spacial score (nSPS) is 9.76. The average molecular weight is 236 g/mol. The molecular formula is C12H16N2O3. The van der Waals surface area contributed by atoms with Crippen molar-refractivity contribution in [3.63, 3.8) is 0 Å². The van der Waals surface area contributed by atoms with Crippen LogP contribution in [0.15, 0.2) is 18.2 Å². The molecule has 0 saturated heterocycles. The zero-order valence-corrected chi connectivity index (χ0v) is 9.91. The van der Waals surface area contributed by atoms with Gasteiger partial charge in [-0.2, -0.15) is 0 Å². The van der Waals surface area contributed by atoms with Crippen LogP contribution in [0, 0.1) is 6.92 Å². The van der Waals surface area contributed by atoms with Crippen molar-refractivity contribution < 1.29 is 14.7 Å². The first kappa shape index (κ1) is 13.0. The van der Waals surface area contributed by atoms with E-state index < -0.39 is 0 Å². The van der Waals surface area contributed by atoms with E-state index in [-0.39, 0.29) is 23.1 Å². The molecule has 0 aliphatic heterocycles. The predicted molar refractivity (Wildman–Crippen MR) is 63.9 cm³/mol. The third-order valence-electron chi connectivity index (χ3n) is 2.18. The van der Waals surface area contributed by atoms with Gasteiger partial charge in [0.15, 0.2) is 0 Å². The third kappa shape index (κ3) is 4.14. The van der Waals surface area contributed by atoms with Crippen LogP contribution in [0.4, 0.5) is 0 Å². The second-order valence-corrected chi connectivity index (χ2v) is 3.76. The van der Waals surface area contributed by atoms with Crippen LogP contribution in [0.3, 0.4) is 0 Å². The summed E-state index contributed by atoms with van der Waals surface area (Å²) in [7, 11) is 0. The Morgan fingerprint density at radius 1 is 1.24 bits per heavy atom. The van der Waals surface area contributed by atoms with E-state index in [1.807, 2.05) is 6.92 Å². The lowest BCUT2D eigenvalue weighted by Gasteiger charge is -2.07. The van der Waals surface area contributed by atoms with Crippen molar-refractivity contribution >= 4 is 11.8 Å². The Balaban J connectivity index is 2.50. The molecule has 1 rings (SSSR count). The maximum atomic E-state index is 11.6. The van der Waals surface area contributed by atoms with Crippen LogP contribution in [0.5, 0.6) is 5.75 Å². The zero-order valence-electron chi connectivity index (χ0n) is 9.91. The monoisotopic (exact) mass is 236 g/mol. The summed E-state index contributed by atoms with van der Waals surface area (Å²) in [6, 6.07) is 4.85. The first-order chi connectivity index (χ1) is 8.00. The highest BCUT2D eigenvalue weighted by atomic mass is 16.3. The molecule has 0 radical (unpaired) electrons. The van der Waals surface area contributed by atoms with Gasteiger partial charge in [-0.1, -0.05) is 6.07 Å². The molecule has 0 spiro atoms. The first-order valence-electron chi connectivity index (χ1n) is 5.33. The molecule has 0 unspecified atom stereocenters. The van der Waals surface area contributed by atoms with Crippen molar-refractivity contribution in [3.8, 4) is 5.75 Å². The van der Waals surface area contributed by atoms with Crippen LogP contribution in [-0.2, 0) is 4.79 Å². The molecule has 0 aromatic heterocycles. The summed E-state index contributed by atoms with van der Waals surface area (Å²) in [4.78, 5) is 22.2. The summed E-state index contributed by atoms with van der Waals surface area (Å²) in [6.45, 7) is 3.94. The fraction of sp³-hybridized carbons (Fsp3) is 0.333. The molecule has 0 bridgehead atoms. The number of amides is 2. The number of phenols is 1. The van der Waals surface area contributed by atoms with Crippen molar-refractivity contribution in [1.82, 2.24) is 10.6 Å². The number of hydrogen-bond acceptors (Lipinski definition) is 3. The summed E-state index contributed by atoms with van der Waals surface area (Å²) < 4.78 is 0. The number of hydrogen-bond donors (Lipinski definition) is 3. The Morgan fingerprint density at radius 3 is 2.47 bits per heavy atom. The maximum absolute atomic E-state index is 11.6. The molecule has 3 N–H and O–H groups in total. The number of nitrogens with one attached hydrogen (secondary N) is 2. The Morgan fingerprint density at radius 2 is 1.88 bits per heavy atom. The van der Waals surface area contributed by atoms with Gasteiger partial charge < -0.3 is 15.7 Å². The second kappa shape index (κ2) is 5.89. The molecule has 92 valence electrons. The number of phenolic OH excluding ortho intramolecular Hbond substituents is 1. The van der Waals surface area contributed by atoms with Gasteiger partial charge >= 0.3 is 0 Å². The Hall–Kier alpha value is -2.04. The molecule has 0 heterocycles. The van der Waals surface area contributed by atoms with Gasteiger partial charge in [-0.15, -0.1) is 0 Å². The summed E-state index contributed by atoms with van der Waals surface area (Å²) >= 11 is 0. The fourth-order valence-corrected chi connectivity index (χ4v) is 1.34. The van der Waals surface area contributed by atoms with E-state index in [0.29, 0.717) is 13.1 Å². The number of aromatic hydroxyl groups is 1. The molecule has 0 saturated carbocycles. The summed E-state index contributed by atoms with van der Waals surface area (Å²) in [5.74, 6) is -0.535. The van der Waals surface area contributed by atoms with Crippen LogP contribution in [0.2, 0.25) is 0 Å². The predicted octanol–water partition coefficient (Wildman–Crippen LogP) is 0.567. The molecule has 1 aromatic carbocycles. The van der Waals surface area contributed by atoms with Gasteiger partial charge in [-0.25, -0.2) is 0 Å². The van der Waals surface area contributed by atoms with Gasteiger partial charge in [-0.05, 0) is 24.6 Å². The number of benzene rings is 1. The number of carbonyl (C=O) groups is 2. The van der Waals surface area contributed by atoms with E-state index in [1.165, 1.54) is 13.0 Å². The van der Waals surface area contributed by atoms with Gasteiger partial charge in [0.25, 0.3) is 5.91 Å². The second-order valence-electron chi connectivity index (χ2n) is 3.76. The standard InChI is InChI=1S/C12H16N2O3/c1-8-3-4-10(11(16)7-8)12(17)14-6-5-13-9(2)15/h3-4,7,16H,5-6H2,1-2H3,(H,13,15)(H,14,17). The molecule has 1 aromatic rings. The van der Waals surface area contributed by atoms with E-state index in [2.05, 4.69) is 10.6 Å². The van der Waals surface area contributed by atoms with Crippen molar-refractivity contribution in [1.29, 1.82) is 0 Å².